The van der Waals surface area contributed by atoms with E-state index in [1.54, 1.807) is 6.20 Å². The Hall–Kier alpha value is -1.32. The third-order valence-corrected chi connectivity index (χ3v) is 4.54. The highest BCUT2D eigenvalue weighted by Crippen LogP contribution is 2.38. The molecule has 0 spiro atoms. The Morgan fingerprint density at radius 3 is 2.70 bits per heavy atom. The molecule has 106 valence electrons. The number of rotatable bonds is 4. The summed E-state index contributed by atoms with van der Waals surface area (Å²) in [7, 11) is 0. The zero-order chi connectivity index (χ0) is 13.9. The number of H-pyrrole nitrogens is 1. The van der Waals surface area contributed by atoms with E-state index in [0.29, 0.717) is 10.9 Å². The lowest BCUT2D eigenvalue weighted by Crippen LogP contribution is -2.03. The van der Waals surface area contributed by atoms with Crippen molar-refractivity contribution in [1.82, 2.24) is 9.97 Å². The number of aromatic amines is 1. The van der Waals surface area contributed by atoms with Gasteiger partial charge in [-0.25, -0.2) is 4.98 Å². The van der Waals surface area contributed by atoms with Gasteiger partial charge in [-0.3, -0.25) is 0 Å². The van der Waals surface area contributed by atoms with E-state index < -0.39 is 0 Å². The first-order valence-electron chi connectivity index (χ1n) is 7.18. The van der Waals surface area contributed by atoms with E-state index in [1.807, 2.05) is 12.3 Å². The number of benzene rings is 1. The van der Waals surface area contributed by atoms with Gasteiger partial charge in [-0.05, 0) is 41.5 Å². The number of aliphatic hydroxyl groups excluding tert-OH is 1. The molecule has 0 aliphatic heterocycles. The van der Waals surface area contributed by atoms with Crippen LogP contribution in [0.25, 0.3) is 0 Å². The Labute approximate surface area is 124 Å². The lowest BCUT2D eigenvalue weighted by Gasteiger charge is -2.17. The van der Waals surface area contributed by atoms with Crippen LogP contribution in [0, 0.1) is 0 Å². The Morgan fingerprint density at radius 1 is 1.25 bits per heavy atom. The maximum absolute atomic E-state index is 9.42. The fourth-order valence-corrected chi connectivity index (χ4v) is 3.38. The molecule has 1 aliphatic carbocycles. The van der Waals surface area contributed by atoms with Crippen LogP contribution in [-0.4, -0.2) is 15.1 Å². The monoisotopic (exact) mass is 290 g/mol. The van der Waals surface area contributed by atoms with E-state index in [2.05, 4.69) is 16.0 Å². The predicted molar refractivity (Wildman–Crippen MR) is 80.0 cm³/mol. The topological polar surface area (TPSA) is 48.9 Å². The third-order valence-electron chi connectivity index (χ3n) is 4.19. The molecular formula is C16H19ClN2O. The van der Waals surface area contributed by atoms with E-state index >= 15 is 0 Å². The number of nitrogens with zero attached hydrogens (tertiary/aromatic N) is 1. The van der Waals surface area contributed by atoms with Crippen LogP contribution >= 0.6 is 11.6 Å². The summed E-state index contributed by atoms with van der Waals surface area (Å²) in [6.07, 6.45) is 9.44. The van der Waals surface area contributed by atoms with Crippen LogP contribution in [-0.2, 0) is 13.0 Å². The number of aromatic nitrogens is 2. The van der Waals surface area contributed by atoms with Crippen LogP contribution in [0.3, 0.4) is 0 Å². The molecule has 3 nitrogen and oxygen atoms in total. The van der Waals surface area contributed by atoms with Gasteiger partial charge in [0.25, 0.3) is 0 Å². The molecule has 1 saturated carbocycles. The van der Waals surface area contributed by atoms with Gasteiger partial charge in [-0.2, -0.15) is 0 Å². The minimum absolute atomic E-state index is 0.0189. The van der Waals surface area contributed by atoms with Gasteiger partial charge in [0.15, 0.2) is 0 Å². The second-order valence-corrected chi connectivity index (χ2v) is 5.90. The molecule has 0 saturated heterocycles. The minimum Gasteiger partial charge on any atom is -0.392 e. The zero-order valence-corrected chi connectivity index (χ0v) is 12.2. The molecular weight excluding hydrogens is 272 g/mol. The standard InChI is InChI=1S/C16H19ClN2O/c17-15-9-14(11-3-1-2-4-11)12(7-13(15)10-20)8-16-18-5-6-19-16/h5-7,9,11,20H,1-4,8,10H2,(H,18,19). The molecule has 1 heterocycles. The Balaban J connectivity index is 1.99. The van der Waals surface area contributed by atoms with Crippen LogP contribution in [0.15, 0.2) is 24.5 Å². The third kappa shape index (κ3) is 2.74. The predicted octanol–water partition coefficient (Wildman–Crippen LogP) is 3.80. The summed E-state index contributed by atoms with van der Waals surface area (Å²) in [5, 5.41) is 10.1. The summed E-state index contributed by atoms with van der Waals surface area (Å²) >= 11 is 6.28. The Kier molecular flexibility index (Phi) is 4.08. The first kappa shape index (κ1) is 13.7. The number of hydrogen-bond acceptors (Lipinski definition) is 2. The van der Waals surface area contributed by atoms with Crippen LogP contribution < -0.4 is 0 Å². The second-order valence-electron chi connectivity index (χ2n) is 5.49. The van der Waals surface area contributed by atoms with Crippen molar-refractivity contribution in [2.24, 2.45) is 0 Å². The second kappa shape index (κ2) is 5.98. The molecule has 20 heavy (non-hydrogen) atoms. The number of hydrogen-bond donors (Lipinski definition) is 2. The van der Waals surface area contributed by atoms with Crippen molar-refractivity contribution in [3.05, 3.63) is 52.1 Å². The van der Waals surface area contributed by atoms with E-state index in [-0.39, 0.29) is 6.61 Å². The van der Waals surface area contributed by atoms with Gasteiger partial charge in [0.05, 0.1) is 6.61 Å². The van der Waals surface area contributed by atoms with E-state index in [4.69, 9.17) is 11.6 Å². The highest BCUT2D eigenvalue weighted by molar-refractivity contribution is 6.31. The molecule has 1 fully saturated rings. The number of aliphatic hydroxyl groups is 1. The fourth-order valence-electron chi connectivity index (χ4n) is 3.15. The average Bonchev–Trinajstić information content (AvgIpc) is 3.13. The largest absolute Gasteiger partial charge is 0.392 e. The highest BCUT2D eigenvalue weighted by atomic mass is 35.5. The maximum atomic E-state index is 9.42. The molecule has 1 aromatic carbocycles. The number of halogens is 1. The summed E-state index contributed by atoms with van der Waals surface area (Å²) in [5.74, 6) is 1.56. The van der Waals surface area contributed by atoms with Gasteiger partial charge in [0.2, 0.25) is 0 Å². The van der Waals surface area contributed by atoms with Gasteiger partial charge in [0, 0.05) is 23.8 Å². The maximum Gasteiger partial charge on any atom is 0.110 e. The Morgan fingerprint density at radius 2 is 2.05 bits per heavy atom. The quantitative estimate of drug-likeness (QED) is 0.900. The SMILES string of the molecule is OCc1cc(Cc2ncc[nH]2)c(C2CCCC2)cc1Cl. The summed E-state index contributed by atoms with van der Waals surface area (Å²) < 4.78 is 0. The molecule has 1 aromatic heterocycles. The van der Waals surface area contributed by atoms with Crippen molar-refractivity contribution >= 4 is 11.6 Å². The molecule has 2 aromatic rings. The zero-order valence-electron chi connectivity index (χ0n) is 11.4. The van der Waals surface area contributed by atoms with Gasteiger partial charge >= 0.3 is 0 Å². The molecule has 0 amide bonds. The Bertz CT molecular complexity index is 574. The molecule has 3 rings (SSSR count). The summed E-state index contributed by atoms with van der Waals surface area (Å²) in [6.45, 7) is -0.0189. The van der Waals surface area contributed by atoms with Gasteiger partial charge in [-0.1, -0.05) is 30.5 Å². The van der Waals surface area contributed by atoms with Gasteiger partial charge in [-0.15, -0.1) is 0 Å². The number of nitrogens with one attached hydrogen (secondary N) is 1. The molecule has 0 radical (unpaired) electrons. The molecule has 0 bridgehead atoms. The van der Waals surface area contributed by atoms with Gasteiger partial charge < -0.3 is 10.1 Å². The number of imidazole rings is 1. The highest BCUT2D eigenvalue weighted by Gasteiger charge is 2.21. The molecule has 0 atom stereocenters. The van der Waals surface area contributed by atoms with E-state index in [1.165, 1.54) is 36.8 Å². The van der Waals surface area contributed by atoms with Crippen LogP contribution in [0.2, 0.25) is 5.02 Å². The van der Waals surface area contributed by atoms with Gasteiger partial charge in [0.1, 0.15) is 5.82 Å². The first-order chi connectivity index (χ1) is 9.78. The summed E-state index contributed by atoms with van der Waals surface area (Å²) in [4.78, 5) is 7.46. The molecule has 0 unspecified atom stereocenters. The average molecular weight is 291 g/mol. The fraction of sp³-hybridized carbons (Fsp3) is 0.438. The van der Waals surface area contributed by atoms with E-state index in [0.717, 1.165) is 17.8 Å². The first-order valence-corrected chi connectivity index (χ1v) is 7.56. The lowest BCUT2D eigenvalue weighted by molar-refractivity contribution is 0.282. The molecule has 2 N–H and O–H groups in total. The normalized spacial score (nSPS) is 15.9. The van der Waals surface area contributed by atoms with Crippen molar-refractivity contribution in [2.45, 2.75) is 44.6 Å². The van der Waals surface area contributed by atoms with Crippen molar-refractivity contribution < 1.29 is 5.11 Å². The van der Waals surface area contributed by atoms with Crippen molar-refractivity contribution in [3.8, 4) is 0 Å². The van der Waals surface area contributed by atoms with Crippen LogP contribution in [0.1, 0.15) is 54.1 Å². The summed E-state index contributed by atoms with van der Waals surface area (Å²) in [6, 6.07) is 4.10. The summed E-state index contributed by atoms with van der Waals surface area (Å²) in [5.41, 5.74) is 3.37. The van der Waals surface area contributed by atoms with Crippen molar-refractivity contribution in [2.75, 3.05) is 0 Å². The smallest absolute Gasteiger partial charge is 0.110 e. The van der Waals surface area contributed by atoms with E-state index in [9.17, 15) is 5.11 Å². The minimum atomic E-state index is -0.0189. The molecule has 1 aliphatic rings. The van der Waals surface area contributed by atoms with Crippen LogP contribution in [0.5, 0.6) is 0 Å². The lowest BCUT2D eigenvalue weighted by atomic mass is 9.90. The van der Waals surface area contributed by atoms with Crippen molar-refractivity contribution in [1.29, 1.82) is 0 Å². The van der Waals surface area contributed by atoms with Crippen molar-refractivity contribution in [3.63, 3.8) is 0 Å². The van der Waals surface area contributed by atoms with Crippen LogP contribution in [0.4, 0.5) is 0 Å². The molecule has 4 heteroatoms.